The smallest absolute Gasteiger partial charge is 0.254 e. The average Bonchev–Trinajstić information content (AvgIpc) is 2.48. The highest BCUT2D eigenvalue weighted by Crippen LogP contribution is 2.25. The van der Waals surface area contributed by atoms with Crippen LogP contribution in [0.15, 0.2) is 0 Å². The third-order valence-corrected chi connectivity index (χ3v) is 3.93. The van der Waals surface area contributed by atoms with E-state index in [4.69, 9.17) is 4.74 Å². The van der Waals surface area contributed by atoms with Crippen molar-refractivity contribution in [2.75, 3.05) is 20.2 Å². The monoisotopic (exact) mass is 243 g/mol. The maximum Gasteiger partial charge on any atom is 0.254 e. The second-order valence-electron chi connectivity index (χ2n) is 5.43. The Labute approximate surface area is 104 Å². The molecule has 0 aliphatic carbocycles. The van der Waals surface area contributed by atoms with Gasteiger partial charge >= 0.3 is 0 Å². The molecule has 4 heteroatoms. The number of nitrogens with zero attached hydrogens (tertiary/aromatic N) is 1. The van der Waals surface area contributed by atoms with E-state index in [9.17, 15) is 9.90 Å². The lowest BCUT2D eigenvalue weighted by Crippen LogP contribution is -2.48. The van der Waals surface area contributed by atoms with E-state index >= 15 is 0 Å². The van der Waals surface area contributed by atoms with Crippen molar-refractivity contribution in [1.29, 1.82) is 0 Å². The molecule has 2 unspecified atom stereocenters. The first kappa shape index (κ1) is 14.5. The largest absolute Gasteiger partial charge is 0.390 e. The summed E-state index contributed by atoms with van der Waals surface area (Å²) in [4.78, 5) is 14.2. The van der Waals surface area contributed by atoms with Gasteiger partial charge in [0.05, 0.1) is 5.60 Å². The van der Waals surface area contributed by atoms with Crippen molar-refractivity contribution in [2.45, 2.75) is 57.7 Å². The van der Waals surface area contributed by atoms with Gasteiger partial charge in [-0.15, -0.1) is 0 Å². The Morgan fingerprint density at radius 3 is 2.65 bits per heavy atom. The molecule has 4 nitrogen and oxygen atoms in total. The Morgan fingerprint density at radius 1 is 1.47 bits per heavy atom. The fraction of sp³-hybridized carbons (Fsp3) is 0.923. The Kier molecular flexibility index (Phi) is 4.55. The number of carbonyl (C=O) groups excluding carboxylic acids is 1. The summed E-state index contributed by atoms with van der Waals surface area (Å²) in [5, 5.41) is 10.0. The summed E-state index contributed by atoms with van der Waals surface area (Å²) in [6.07, 6.45) is 2.91. The Bertz CT molecular complexity index is 272. The van der Waals surface area contributed by atoms with Crippen LogP contribution in [-0.4, -0.2) is 47.3 Å². The van der Waals surface area contributed by atoms with E-state index in [0.29, 0.717) is 25.9 Å². The van der Waals surface area contributed by atoms with Crippen LogP contribution in [0.5, 0.6) is 0 Å². The quantitative estimate of drug-likeness (QED) is 0.818. The van der Waals surface area contributed by atoms with E-state index in [2.05, 4.69) is 0 Å². The van der Waals surface area contributed by atoms with Gasteiger partial charge in [0.2, 0.25) is 0 Å². The van der Waals surface area contributed by atoms with E-state index in [0.717, 1.165) is 12.8 Å². The van der Waals surface area contributed by atoms with E-state index in [-0.39, 0.29) is 5.91 Å². The number of amides is 1. The number of ether oxygens (including phenoxy) is 1. The SMILES string of the molecule is CCC(C)(OC)C(=O)N1CCCC(C)(O)CC1. The molecule has 1 fully saturated rings. The van der Waals surface area contributed by atoms with Gasteiger partial charge in [0, 0.05) is 20.2 Å². The van der Waals surface area contributed by atoms with Gasteiger partial charge in [-0.05, 0) is 39.5 Å². The Hall–Kier alpha value is -0.610. The number of hydrogen-bond acceptors (Lipinski definition) is 3. The number of rotatable bonds is 3. The number of likely N-dealkylation sites (tertiary alicyclic amines) is 1. The summed E-state index contributed by atoms with van der Waals surface area (Å²) in [7, 11) is 1.58. The molecule has 1 heterocycles. The van der Waals surface area contributed by atoms with Crippen molar-refractivity contribution in [1.82, 2.24) is 4.90 Å². The minimum atomic E-state index is -0.726. The average molecular weight is 243 g/mol. The van der Waals surface area contributed by atoms with Crippen LogP contribution in [0.1, 0.15) is 46.5 Å². The Morgan fingerprint density at radius 2 is 2.12 bits per heavy atom. The summed E-state index contributed by atoms with van der Waals surface area (Å²) in [6, 6.07) is 0. The highest BCUT2D eigenvalue weighted by atomic mass is 16.5. The molecule has 2 atom stereocenters. The summed E-state index contributed by atoms with van der Waals surface area (Å²) in [5.74, 6) is 0.0419. The molecule has 0 saturated carbocycles. The van der Waals surface area contributed by atoms with Crippen molar-refractivity contribution >= 4 is 5.91 Å². The predicted molar refractivity (Wildman–Crippen MR) is 66.8 cm³/mol. The molecule has 0 spiro atoms. The van der Waals surface area contributed by atoms with Gasteiger partial charge in [-0.25, -0.2) is 0 Å². The predicted octanol–water partition coefficient (Wildman–Crippen LogP) is 1.56. The molecular weight excluding hydrogens is 218 g/mol. The van der Waals surface area contributed by atoms with Gasteiger partial charge < -0.3 is 14.7 Å². The lowest BCUT2D eigenvalue weighted by atomic mass is 9.98. The third kappa shape index (κ3) is 3.42. The third-order valence-electron chi connectivity index (χ3n) is 3.93. The normalized spacial score (nSPS) is 29.6. The minimum absolute atomic E-state index is 0.0419. The van der Waals surface area contributed by atoms with Crippen LogP contribution in [-0.2, 0) is 9.53 Å². The fourth-order valence-electron chi connectivity index (χ4n) is 2.18. The van der Waals surface area contributed by atoms with Crippen molar-refractivity contribution in [3.63, 3.8) is 0 Å². The fourth-order valence-corrected chi connectivity index (χ4v) is 2.18. The first-order valence-corrected chi connectivity index (χ1v) is 6.41. The zero-order valence-electron chi connectivity index (χ0n) is 11.5. The molecule has 0 aromatic carbocycles. The molecule has 0 aromatic heterocycles. The second-order valence-corrected chi connectivity index (χ2v) is 5.43. The van der Waals surface area contributed by atoms with Gasteiger partial charge in [-0.3, -0.25) is 4.79 Å². The number of methoxy groups -OCH3 is 1. The Balaban J connectivity index is 2.70. The maximum atomic E-state index is 12.4. The molecular formula is C13H25NO3. The summed E-state index contributed by atoms with van der Waals surface area (Å²) >= 11 is 0. The summed E-state index contributed by atoms with van der Waals surface area (Å²) < 4.78 is 5.34. The molecule has 0 bridgehead atoms. The maximum absolute atomic E-state index is 12.4. The van der Waals surface area contributed by atoms with E-state index in [1.165, 1.54) is 0 Å². The molecule has 1 amide bonds. The molecule has 1 N–H and O–H groups in total. The lowest BCUT2D eigenvalue weighted by molar-refractivity contribution is -0.153. The van der Waals surface area contributed by atoms with Crippen LogP contribution in [0.2, 0.25) is 0 Å². The second kappa shape index (κ2) is 5.36. The standard InChI is InChI=1S/C13H25NO3/c1-5-13(3,17-4)11(15)14-9-6-7-12(2,16)8-10-14/h16H,5-10H2,1-4H3. The van der Waals surface area contributed by atoms with Gasteiger partial charge in [-0.2, -0.15) is 0 Å². The highest BCUT2D eigenvalue weighted by Gasteiger charge is 2.37. The van der Waals surface area contributed by atoms with Crippen LogP contribution in [0.25, 0.3) is 0 Å². The summed E-state index contributed by atoms with van der Waals surface area (Å²) in [6.45, 7) is 6.96. The number of aliphatic hydroxyl groups is 1. The van der Waals surface area contributed by atoms with Crippen LogP contribution in [0.4, 0.5) is 0 Å². The van der Waals surface area contributed by atoms with E-state index < -0.39 is 11.2 Å². The van der Waals surface area contributed by atoms with Gasteiger partial charge in [0.1, 0.15) is 5.60 Å². The molecule has 100 valence electrons. The van der Waals surface area contributed by atoms with Crippen molar-refractivity contribution < 1.29 is 14.6 Å². The number of hydrogen-bond donors (Lipinski definition) is 1. The van der Waals surface area contributed by atoms with Gasteiger partial charge in [-0.1, -0.05) is 6.92 Å². The zero-order valence-corrected chi connectivity index (χ0v) is 11.5. The van der Waals surface area contributed by atoms with Gasteiger partial charge in [0.25, 0.3) is 5.91 Å². The first-order chi connectivity index (χ1) is 7.84. The van der Waals surface area contributed by atoms with E-state index in [1.54, 1.807) is 7.11 Å². The molecule has 0 aromatic rings. The molecule has 0 radical (unpaired) electrons. The minimum Gasteiger partial charge on any atom is -0.390 e. The summed E-state index contributed by atoms with van der Waals surface area (Å²) in [5.41, 5.74) is -1.36. The molecule has 17 heavy (non-hydrogen) atoms. The topological polar surface area (TPSA) is 49.8 Å². The van der Waals surface area contributed by atoms with E-state index in [1.807, 2.05) is 25.7 Å². The molecule has 1 aliphatic heterocycles. The molecule has 1 rings (SSSR count). The van der Waals surface area contributed by atoms with Crippen molar-refractivity contribution in [2.24, 2.45) is 0 Å². The highest BCUT2D eigenvalue weighted by molar-refractivity contribution is 5.84. The van der Waals surface area contributed by atoms with Gasteiger partial charge in [0.15, 0.2) is 0 Å². The molecule has 1 saturated heterocycles. The lowest BCUT2D eigenvalue weighted by Gasteiger charge is -2.32. The van der Waals surface area contributed by atoms with Crippen LogP contribution in [0, 0.1) is 0 Å². The first-order valence-electron chi connectivity index (χ1n) is 6.41. The molecule has 1 aliphatic rings. The zero-order chi connectivity index (χ0) is 13.1. The van der Waals surface area contributed by atoms with Crippen molar-refractivity contribution in [3.05, 3.63) is 0 Å². The van der Waals surface area contributed by atoms with Crippen LogP contribution < -0.4 is 0 Å². The van der Waals surface area contributed by atoms with Crippen LogP contribution in [0.3, 0.4) is 0 Å². The van der Waals surface area contributed by atoms with Crippen molar-refractivity contribution in [3.8, 4) is 0 Å². The number of carbonyl (C=O) groups is 1. The van der Waals surface area contributed by atoms with Crippen LogP contribution >= 0.6 is 0 Å².